The molecule has 0 bridgehead atoms. The Bertz CT molecular complexity index is 560. The van der Waals surface area contributed by atoms with Gasteiger partial charge >= 0.3 is 0 Å². The van der Waals surface area contributed by atoms with Gasteiger partial charge in [0.05, 0.1) is 18.5 Å². The maximum Gasteiger partial charge on any atom is 0.147 e. The van der Waals surface area contributed by atoms with Crippen molar-refractivity contribution < 1.29 is 13.9 Å². The van der Waals surface area contributed by atoms with Crippen LogP contribution in [0.25, 0.3) is 11.3 Å². The molecule has 88 valence electrons. The third-order valence-electron chi connectivity index (χ3n) is 2.31. The van der Waals surface area contributed by atoms with Crippen LogP contribution in [0.1, 0.15) is 5.56 Å². The van der Waals surface area contributed by atoms with E-state index in [0.29, 0.717) is 0 Å². The first kappa shape index (κ1) is 12.0. The highest BCUT2D eigenvalue weighted by Crippen LogP contribution is 2.25. The third kappa shape index (κ3) is 2.43. The van der Waals surface area contributed by atoms with E-state index in [2.05, 4.69) is 4.98 Å². The Morgan fingerprint density at radius 1 is 1.18 bits per heavy atom. The van der Waals surface area contributed by atoms with Gasteiger partial charge in [0.25, 0.3) is 0 Å². The highest BCUT2D eigenvalue weighted by molar-refractivity contribution is 6.30. The van der Waals surface area contributed by atoms with Gasteiger partial charge in [0, 0.05) is 16.1 Å². The lowest BCUT2D eigenvalue weighted by Crippen LogP contribution is -1.95. The van der Waals surface area contributed by atoms with Crippen LogP contribution >= 0.6 is 11.6 Å². The van der Waals surface area contributed by atoms with Crippen LogP contribution in [0.4, 0.5) is 8.78 Å². The molecule has 0 fully saturated rings. The molecule has 1 aromatic heterocycles. The van der Waals surface area contributed by atoms with Crippen molar-refractivity contribution in [1.82, 2.24) is 4.98 Å². The van der Waals surface area contributed by atoms with E-state index in [1.165, 1.54) is 18.2 Å². The Kier molecular flexibility index (Phi) is 3.36. The summed E-state index contributed by atoms with van der Waals surface area (Å²) < 4.78 is 26.7. The number of nitrogens with zero attached hydrogens (tertiary/aromatic N) is 1. The van der Waals surface area contributed by atoms with Crippen LogP contribution in [0.15, 0.2) is 30.5 Å². The summed E-state index contributed by atoms with van der Waals surface area (Å²) in [4.78, 5) is 3.78. The molecular weight excluding hydrogens is 248 g/mol. The highest BCUT2D eigenvalue weighted by Gasteiger charge is 2.10. The highest BCUT2D eigenvalue weighted by atomic mass is 35.5. The zero-order valence-corrected chi connectivity index (χ0v) is 9.38. The van der Waals surface area contributed by atoms with Crippen LogP contribution in [0, 0.1) is 11.6 Å². The number of hydrogen-bond donors (Lipinski definition) is 1. The van der Waals surface area contributed by atoms with Crippen molar-refractivity contribution in [1.29, 1.82) is 0 Å². The van der Waals surface area contributed by atoms with Gasteiger partial charge in [0.2, 0.25) is 0 Å². The lowest BCUT2D eigenvalue weighted by atomic mass is 10.1. The number of aliphatic hydroxyl groups excluding tert-OH is 1. The zero-order valence-electron chi connectivity index (χ0n) is 8.62. The summed E-state index contributed by atoms with van der Waals surface area (Å²) in [5, 5.41) is 9.19. The molecule has 0 atom stereocenters. The lowest BCUT2D eigenvalue weighted by Gasteiger charge is -2.05. The van der Waals surface area contributed by atoms with Gasteiger partial charge < -0.3 is 5.11 Å². The molecule has 0 spiro atoms. The maximum absolute atomic E-state index is 13.6. The smallest absolute Gasteiger partial charge is 0.147 e. The molecule has 2 aromatic rings. The fourth-order valence-electron chi connectivity index (χ4n) is 1.45. The van der Waals surface area contributed by atoms with E-state index < -0.39 is 18.2 Å². The first-order valence-electron chi connectivity index (χ1n) is 4.82. The average molecular weight is 256 g/mol. The minimum absolute atomic E-state index is 0.0735. The van der Waals surface area contributed by atoms with Gasteiger partial charge in [-0.15, -0.1) is 0 Å². The van der Waals surface area contributed by atoms with Gasteiger partial charge in [-0.05, 0) is 24.3 Å². The first-order chi connectivity index (χ1) is 8.11. The zero-order chi connectivity index (χ0) is 12.4. The fourth-order valence-corrected chi connectivity index (χ4v) is 1.60. The number of hydrogen-bond acceptors (Lipinski definition) is 2. The van der Waals surface area contributed by atoms with Crippen molar-refractivity contribution >= 4 is 11.6 Å². The molecule has 5 heteroatoms. The summed E-state index contributed by atoms with van der Waals surface area (Å²) in [7, 11) is 0. The second kappa shape index (κ2) is 4.77. The Labute approximate surface area is 102 Å². The number of halogens is 3. The van der Waals surface area contributed by atoms with E-state index in [4.69, 9.17) is 16.7 Å². The fraction of sp³-hybridized carbons (Fsp3) is 0.0833. The molecule has 0 unspecified atom stereocenters. The molecule has 0 aliphatic carbocycles. The van der Waals surface area contributed by atoms with Crippen LogP contribution in [0.2, 0.25) is 5.02 Å². The molecule has 1 heterocycles. The molecule has 0 aliphatic rings. The van der Waals surface area contributed by atoms with Gasteiger partial charge in [-0.25, -0.2) is 8.78 Å². The summed E-state index contributed by atoms with van der Waals surface area (Å²) in [6.45, 7) is -0.462. The Morgan fingerprint density at radius 3 is 2.59 bits per heavy atom. The molecule has 17 heavy (non-hydrogen) atoms. The molecular formula is C12H8ClF2NO. The molecule has 2 nitrogen and oxygen atoms in total. The largest absolute Gasteiger partial charge is 0.392 e. The van der Waals surface area contributed by atoms with Crippen LogP contribution in [0.3, 0.4) is 0 Å². The normalized spacial score (nSPS) is 10.6. The SMILES string of the molecule is OCc1cc(-c2ccc(Cl)cc2F)ncc1F. The summed E-state index contributed by atoms with van der Waals surface area (Å²) in [6.07, 6.45) is 0.953. The number of pyridine rings is 1. The van der Waals surface area contributed by atoms with Crippen LogP contribution < -0.4 is 0 Å². The van der Waals surface area contributed by atoms with Crippen molar-refractivity contribution in [2.24, 2.45) is 0 Å². The van der Waals surface area contributed by atoms with E-state index >= 15 is 0 Å². The molecule has 1 aromatic carbocycles. The number of aromatic nitrogens is 1. The summed E-state index contributed by atoms with van der Waals surface area (Å²) in [5.74, 6) is -1.16. The van der Waals surface area contributed by atoms with Crippen LogP contribution in [-0.2, 0) is 6.61 Å². The molecule has 1 N–H and O–H groups in total. The molecule has 0 aliphatic heterocycles. The van der Waals surface area contributed by atoms with Crippen LogP contribution in [0.5, 0.6) is 0 Å². The molecule has 0 saturated carbocycles. The molecule has 0 amide bonds. The number of rotatable bonds is 2. The maximum atomic E-state index is 13.6. The van der Waals surface area contributed by atoms with E-state index in [0.717, 1.165) is 12.3 Å². The summed E-state index contributed by atoms with van der Waals surface area (Å²) >= 11 is 5.63. The predicted molar refractivity (Wildman–Crippen MR) is 60.5 cm³/mol. The Balaban J connectivity index is 2.53. The Morgan fingerprint density at radius 2 is 1.94 bits per heavy atom. The molecule has 0 saturated heterocycles. The minimum atomic E-state index is -0.620. The Hall–Kier alpha value is -1.52. The van der Waals surface area contributed by atoms with E-state index in [1.807, 2.05) is 0 Å². The van der Waals surface area contributed by atoms with Crippen molar-refractivity contribution in [2.75, 3.05) is 0 Å². The van der Waals surface area contributed by atoms with Crippen molar-refractivity contribution in [2.45, 2.75) is 6.61 Å². The number of aliphatic hydroxyl groups is 1. The second-order valence-electron chi connectivity index (χ2n) is 3.44. The minimum Gasteiger partial charge on any atom is -0.392 e. The van der Waals surface area contributed by atoms with Crippen molar-refractivity contribution in [3.8, 4) is 11.3 Å². The van der Waals surface area contributed by atoms with Crippen molar-refractivity contribution in [3.63, 3.8) is 0 Å². The third-order valence-corrected chi connectivity index (χ3v) is 2.55. The molecule has 0 radical (unpaired) electrons. The quantitative estimate of drug-likeness (QED) is 0.894. The molecule has 2 rings (SSSR count). The number of benzene rings is 1. The van der Waals surface area contributed by atoms with E-state index in [1.54, 1.807) is 0 Å². The van der Waals surface area contributed by atoms with Gasteiger partial charge in [-0.1, -0.05) is 11.6 Å². The van der Waals surface area contributed by atoms with Gasteiger partial charge in [0.1, 0.15) is 11.6 Å². The van der Waals surface area contributed by atoms with E-state index in [9.17, 15) is 8.78 Å². The van der Waals surface area contributed by atoms with E-state index in [-0.39, 0.29) is 21.8 Å². The van der Waals surface area contributed by atoms with Gasteiger partial charge in [-0.2, -0.15) is 0 Å². The first-order valence-corrected chi connectivity index (χ1v) is 5.20. The van der Waals surface area contributed by atoms with Crippen molar-refractivity contribution in [3.05, 3.63) is 52.7 Å². The predicted octanol–water partition coefficient (Wildman–Crippen LogP) is 3.17. The summed E-state index contributed by atoms with van der Waals surface area (Å²) in [5.41, 5.74) is 0.540. The van der Waals surface area contributed by atoms with Crippen LogP contribution in [-0.4, -0.2) is 10.1 Å². The van der Waals surface area contributed by atoms with Gasteiger partial charge in [0.15, 0.2) is 0 Å². The standard InChI is InChI=1S/C12H8ClF2NO/c13-8-1-2-9(10(14)4-8)12-3-7(6-17)11(15)5-16-12/h1-5,17H,6H2. The topological polar surface area (TPSA) is 33.1 Å². The summed E-state index contributed by atoms with van der Waals surface area (Å²) in [6, 6.07) is 5.44. The lowest BCUT2D eigenvalue weighted by molar-refractivity contribution is 0.275. The van der Waals surface area contributed by atoms with Gasteiger partial charge in [-0.3, -0.25) is 4.98 Å². The second-order valence-corrected chi connectivity index (χ2v) is 3.88. The average Bonchev–Trinajstić information content (AvgIpc) is 2.30. The monoisotopic (exact) mass is 255 g/mol.